The van der Waals surface area contributed by atoms with Crippen molar-refractivity contribution in [1.29, 1.82) is 0 Å². The number of hydrogen-bond donors (Lipinski definition) is 2. The summed E-state index contributed by atoms with van der Waals surface area (Å²) >= 11 is 0. The van der Waals surface area contributed by atoms with E-state index in [9.17, 15) is 0 Å². The van der Waals surface area contributed by atoms with Crippen LogP contribution in [-0.2, 0) is 0 Å². The molecular weight excluding hydrogens is 256 g/mol. The molecular formula is C19H32N2. The highest BCUT2D eigenvalue weighted by atomic mass is 14.9. The average Bonchev–Trinajstić information content (AvgIpc) is 2.50. The van der Waals surface area contributed by atoms with Crippen LogP contribution in [0.4, 0.5) is 5.69 Å². The first-order valence-corrected chi connectivity index (χ1v) is 8.81. The molecule has 0 radical (unpaired) electrons. The molecule has 0 fully saturated rings. The fourth-order valence-corrected chi connectivity index (χ4v) is 3.20. The SMILES string of the molecule is CC(C)CCCCCCNCC1CCNc2ccccc21. The minimum Gasteiger partial charge on any atom is -0.385 e. The van der Waals surface area contributed by atoms with Crippen molar-refractivity contribution < 1.29 is 0 Å². The van der Waals surface area contributed by atoms with E-state index in [-0.39, 0.29) is 0 Å². The minimum absolute atomic E-state index is 0.684. The van der Waals surface area contributed by atoms with E-state index < -0.39 is 0 Å². The van der Waals surface area contributed by atoms with Crippen LogP contribution in [0, 0.1) is 5.92 Å². The van der Waals surface area contributed by atoms with E-state index in [1.54, 1.807) is 0 Å². The molecule has 1 aliphatic heterocycles. The summed E-state index contributed by atoms with van der Waals surface area (Å²) in [7, 11) is 0. The maximum atomic E-state index is 3.67. The quantitative estimate of drug-likeness (QED) is 0.639. The number of nitrogens with one attached hydrogen (secondary N) is 2. The highest BCUT2D eigenvalue weighted by molar-refractivity contribution is 5.54. The molecule has 118 valence electrons. The Labute approximate surface area is 130 Å². The first-order chi connectivity index (χ1) is 10.3. The highest BCUT2D eigenvalue weighted by Crippen LogP contribution is 2.30. The molecule has 1 atom stereocenters. The van der Waals surface area contributed by atoms with Gasteiger partial charge in [0, 0.05) is 24.7 Å². The van der Waals surface area contributed by atoms with Crippen LogP contribution in [0.3, 0.4) is 0 Å². The van der Waals surface area contributed by atoms with Gasteiger partial charge in [0.2, 0.25) is 0 Å². The van der Waals surface area contributed by atoms with E-state index in [0.717, 1.165) is 19.0 Å². The molecule has 0 aliphatic carbocycles. The molecule has 2 heteroatoms. The summed E-state index contributed by atoms with van der Waals surface area (Å²) in [6, 6.07) is 8.77. The van der Waals surface area contributed by atoms with Crippen LogP contribution in [0.2, 0.25) is 0 Å². The molecule has 0 spiro atoms. The van der Waals surface area contributed by atoms with Gasteiger partial charge in [0.15, 0.2) is 0 Å². The van der Waals surface area contributed by atoms with Crippen molar-refractivity contribution in [3.8, 4) is 0 Å². The fraction of sp³-hybridized carbons (Fsp3) is 0.684. The van der Waals surface area contributed by atoms with Crippen LogP contribution in [0.5, 0.6) is 0 Å². The van der Waals surface area contributed by atoms with Crippen LogP contribution in [0.25, 0.3) is 0 Å². The zero-order valence-corrected chi connectivity index (χ0v) is 13.8. The number of benzene rings is 1. The van der Waals surface area contributed by atoms with Gasteiger partial charge in [0.1, 0.15) is 0 Å². The van der Waals surface area contributed by atoms with Gasteiger partial charge in [-0.05, 0) is 36.9 Å². The Morgan fingerprint density at radius 2 is 1.95 bits per heavy atom. The molecule has 21 heavy (non-hydrogen) atoms. The van der Waals surface area contributed by atoms with Gasteiger partial charge in [-0.25, -0.2) is 0 Å². The van der Waals surface area contributed by atoms with Crippen LogP contribution in [0.1, 0.15) is 63.9 Å². The minimum atomic E-state index is 0.684. The maximum Gasteiger partial charge on any atom is 0.0376 e. The molecule has 2 nitrogen and oxygen atoms in total. The summed E-state index contributed by atoms with van der Waals surface area (Å²) in [6.07, 6.45) is 8.14. The molecule has 2 N–H and O–H groups in total. The zero-order chi connectivity index (χ0) is 14.9. The van der Waals surface area contributed by atoms with Crippen molar-refractivity contribution in [2.75, 3.05) is 25.0 Å². The van der Waals surface area contributed by atoms with E-state index >= 15 is 0 Å². The summed E-state index contributed by atoms with van der Waals surface area (Å²) in [6.45, 7) is 8.05. The lowest BCUT2D eigenvalue weighted by Crippen LogP contribution is -2.27. The molecule has 1 unspecified atom stereocenters. The normalized spacial score (nSPS) is 17.6. The lowest BCUT2D eigenvalue weighted by atomic mass is 9.91. The first kappa shape index (κ1) is 16.4. The molecule has 0 saturated carbocycles. The van der Waals surface area contributed by atoms with E-state index in [2.05, 4.69) is 48.7 Å². The molecule has 2 rings (SSSR count). The number of hydrogen-bond acceptors (Lipinski definition) is 2. The Hall–Kier alpha value is -1.02. The van der Waals surface area contributed by atoms with E-state index in [1.165, 1.54) is 56.3 Å². The van der Waals surface area contributed by atoms with Gasteiger partial charge >= 0.3 is 0 Å². The van der Waals surface area contributed by atoms with Gasteiger partial charge in [-0.2, -0.15) is 0 Å². The molecule has 0 saturated heterocycles. The topological polar surface area (TPSA) is 24.1 Å². The molecule has 1 heterocycles. The summed E-state index contributed by atoms with van der Waals surface area (Å²) in [5.41, 5.74) is 2.83. The van der Waals surface area contributed by atoms with Gasteiger partial charge in [0.05, 0.1) is 0 Å². The third kappa shape index (κ3) is 5.70. The summed E-state index contributed by atoms with van der Waals surface area (Å²) < 4.78 is 0. The largest absolute Gasteiger partial charge is 0.385 e. The van der Waals surface area contributed by atoms with Crippen molar-refractivity contribution >= 4 is 5.69 Å². The monoisotopic (exact) mass is 288 g/mol. The summed E-state index contributed by atoms with van der Waals surface area (Å²) in [4.78, 5) is 0. The Bertz CT molecular complexity index is 400. The van der Waals surface area contributed by atoms with Crippen LogP contribution in [0.15, 0.2) is 24.3 Å². The fourth-order valence-electron chi connectivity index (χ4n) is 3.20. The average molecular weight is 288 g/mol. The van der Waals surface area contributed by atoms with Crippen molar-refractivity contribution in [2.24, 2.45) is 5.92 Å². The molecule has 1 aromatic rings. The van der Waals surface area contributed by atoms with Crippen molar-refractivity contribution in [2.45, 2.75) is 58.3 Å². The van der Waals surface area contributed by atoms with Gasteiger partial charge in [0.25, 0.3) is 0 Å². The van der Waals surface area contributed by atoms with Crippen molar-refractivity contribution in [3.63, 3.8) is 0 Å². The van der Waals surface area contributed by atoms with Gasteiger partial charge < -0.3 is 10.6 Å². The Morgan fingerprint density at radius 3 is 2.81 bits per heavy atom. The van der Waals surface area contributed by atoms with E-state index in [4.69, 9.17) is 0 Å². The van der Waals surface area contributed by atoms with Crippen molar-refractivity contribution in [3.05, 3.63) is 29.8 Å². The Balaban J connectivity index is 1.58. The molecule has 1 aromatic carbocycles. The van der Waals surface area contributed by atoms with Crippen molar-refractivity contribution in [1.82, 2.24) is 5.32 Å². The predicted molar refractivity (Wildman–Crippen MR) is 93.1 cm³/mol. The number of anilines is 1. The smallest absolute Gasteiger partial charge is 0.0376 e. The van der Waals surface area contributed by atoms with Gasteiger partial charge in [-0.1, -0.05) is 57.7 Å². The molecule has 0 aromatic heterocycles. The second-order valence-electron chi connectivity index (χ2n) is 6.80. The lowest BCUT2D eigenvalue weighted by molar-refractivity contribution is 0.500. The summed E-state index contributed by atoms with van der Waals surface area (Å²) in [5.74, 6) is 1.55. The summed E-state index contributed by atoms with van der Waals surface area (Å²) in [5, 5.41) is 7.17. The second kappa shape index (κ2) is 9.09. The van der Waals surface area contributed by atoms with E-state index in [0.29, 0.717) is 5.92 Å². The van der Waals surface area contributed by atoms with Crippen LogP contribution >= 0.6 is 0 Å². The Morgan fingerprint density at radius 1 is 1.14 bits per heavy atom. The number of unbranched alkanes of at least 4 members (excludes halogenated alkanes) is 3. The third-order valence-electron chi connectivity index (χ3n) is 4.48. The third-order valence-corrected chi connectivity index (χ3v) is 4.48. The van der Waals surface area contributed by atoms with Crippen LogP contribution in [-0.4, -0.2) is 19.6 Å². The highest BCUT2D eigenvalue weighted by Gasteiger charge is 2.18. The van der Waals surface area contributed by atoms with Crippen LogP contribution < -0.4 is 10.6 Å². The molecule has 0 amide bonds. The number of rotatable bonds is 9. The standard InChI is InChI=1S/C19H32N2/c1-16(2)9-5-3-4-8-13-20-15-17-12-14-21-19-11-7-6-10-18(17)19/h6-7,10-11,16-17,20-21H,3-5,8-9,12-15H2,1-2H3. The van der Waals surface area contributed by atoms with E-state index in [1.807, 2.05) is 0 Å². The number of fused-ring (bicyclic) bond motifs is 1. The zero-order valence-electron chi connectivity index (χ0n) is 13.8. The molecule has 0 bridgehead atoms. The predicted octanol–water partition coefficient (Wildman–Crippen LogP) is 4.78. The molecule has 1 aliphatic rings. The Kier molecular flexibility index (Phi) is 7.08. The number of para-hydroxylation sites is 1. The van der Waals surface area contributed by atoms with Gasteiger partial charge in [-0.3, -0.25) is 0 Å². The first-order valence-electron chi connectivity index (χ1n) is 8.81. The maximum absolute atomic E-state index is 3.67. The second-order valence-corrected chi connectivity index (χ2v) is 6.80. The van der Waals surface area contributed by atoms with Gasteiger partial charge in [-0.15, -0.1) is 0 Å². The lowest BCUT2D eigenvalue weighted by Gasteiger charge is -2.27.